The van der Waals surface area contributed by atoms with Gasteiger partial charge in [-0.25, -0.2) is 0 Å². The number of aliphatic hydroxyl groups is 1. The molecular weight excluding hydrogens is 450 g/mol. The minimum Gasteiger partial charge on any atom is -0.396 e. The predicted octanol–water partition coefficient (Wildman–Crippen LogP) is 2.47. The molecule has 3 aliphatic rings. The lowest BCUT2D eigenvalue weighted by Crippen LogP contribution is -2.53. The third kappa shape index (κ3) is 4.35. The molecule has 3 aliphatic heterocycles. The topological polar surface area (TPSA) is 98.7 Å². The van der Waals surface area contributed by atoms with Gasteiger partial charge in [-0.2, -0.15) is 0 Å². The molecule has 0 aliphatic carbocycles. The van der Waals surface area contributed by atoms with E-state index >= 15 is 0 Å². The summed E-state index contributed by atoms with van der Waals surface area (Å²) in [5.41, 5.74) is 1.01. The van der Waals surface area contributed by atoms with Crippen molar-refractivity contribution in [2.75, 3.05) is 19.7 Å². The average molecular weight is 488 g/mol. The Labute approximate surface area is 206 Å². The lowest BCUT2D eigenvalue weighted by molar-refractivity contribution is -0.140. The first-order valence-electron chi connectivity index (χ1n) is 12.6. The van der Waals surface area contributed by atoms with Crippen molar-refractivity contribution in [2.45, 2.75) is 74.5 Å². The van der Waals surface area contributed by atoms with Crippen molar-refractivity contribution in [1.82, 2.24) is 15.5 Å². The van der Waals surface area contributed by atoms with Crippen LogP contribution in [0.3, 0.4) is 0 Å². The minimum atomic E-state index is -0.585. The molecule has 3 fully saturated rings. The monoisotopic (exact) mass is 487 g/mol. The highest BCUT2D eigenvalue weighted by Crippen LogP contribution is 2.71. The number of rotatable bonds is 11. The highest BCUT2D eigenvalue weighted by atomic mass is 32.2. The summed E-state index contributed by atoms with van der Waals surface area (Å²) in [5, 5.41) is 15.3. The number of amides is 3. The summed E-state index contributed by atoms with van der Waals surface area (Å²) in [5.74, 6) is -1.14. The molecular formula is C26H37N3O4S. The van der Waals surface area contributed by atoms with Gasteiger partial charge in [0, 0.05) is 31.0 Å². The summed E-state index contributed by atoms with van der Waals surface area (Å²) in [4.78, 5) is 42.5. The number of nitrogens with one attached hydrogen (secondary N) is 2. The van der Waals surface area contributed by atoms with Crippen LogP contribution in [0.25, 0.3) is 0 Å². The van der Waals surface area contributed by atoms with E-state index in [1.165, 1.54) is 0 Å². The zero-order valence-corrected chi connectivity index (χ0v) is 21.0. The van der Waals surface area contributed by atoms with Gasteiger partial charge in [0.1, 0.15) is 6.04 Å². The molecule has 3 heterocycles. The van der Waals surface area contributed by atoms with Gasteiger partial charge in [-0.05, 0) is 51.0 Å². The van der Waals surface area contributed by atoms with Gasteiger partial charge in [-0.1, -0.05) is 37.3 Å². The number of aliphatic hydroxyl groups excluding tert-OH is 1. The summed E-state index contributed by atoms with van der Waals surface area (Å²) < 4.78 is -0.906. The first-order valence-corrected chi connectivity index (χ1v) is 13.4. The Bertz CT molecular complexity index is 913. The molecule has 1 aromatic rings. The van der Waals surface area contributed by atoms with Crippen molar-refractivity contribution in [2.24, 2.45) is 11.8 Å². The van der Waals surface area contributed by atoms with Crippen molar-refractivity contribution >= 4 is 29.5 Å². The van der Waals surface area contributed by atoms with Crippen molar-refractivity contribution in [1.29, 1.82) is 0 Å². The number of thioether (sulfide) groups is 1. The maximum Gasteiger partial charge on any atom is 0.244 e. The maximum absolute atomic E-state index is 13.9. The van der Waals surface area contributed by atoms with Gasteiger partial charge in [0.2, 0.25) is 17.7 Å². The Morgan fingerprint density at radius 1 is 1.12 bits per heavy atom. The molecule has 3 saturated heterocycles. The number of carbonyl (C=O) groups is 3. The molecule has 3 amide bonds. The summed E-state index contributed by atoms with van der Waals surface area (Å²) in [6.07, 6.45) is 4.63. The van der Waals surface area contributed by atoms with Crippen LogP contribution in [0.4, 0.5) is 0 Å². The number of carbonyl (C=O) groups excluding carboxylic acids is 3. The second kappa shape index (κ2) is 10.3. The molecule has 4 rings (SSSR count). The van der Waals surface area contributed by atoms with Crippen LogP contribution >= 0.6 is 11.8 Å². The highest BCUT2D eigenvalue weighted by molar-refractivity contribution is 8.02. The van der Waals surface area contributed by atoms with E-state index in [9.17, 15) is 14.4 Å². The number of nitrogens with zero attached hydrogens (tertiary/aromatic N) is 1. The van der Waals surface area contributed by atoms with Gasteiger partial charge in [0.25, 0.3) is 0 Å². The van der Waals surface area contributed by atoms with Crippen LogP contribution in [-0.4, -0.2) is 63.0 Å². The van der Waals surface area contributed by atoms with Crippen LogP contribution in [0.1, 0.15) is 57.9 Å². The lowest BCUT2D eigenvalue weighted by atomic mass is 9.66. The summed E-state index contributed by atoms with van der Waals surface area (Å²) >= 11 is 1.71. The molecule has 0 saturated carbocycles. The van der Waals surface area contributed by atoms with E-state index in [-0.39, 0.29) is 29.1 Å². The van der Waals surface area contributed by atoms with Crippen molar-refractivity contribution in [3.8, 4) is 0 Å². The molecule has 3 N–H and O–H groups in total. The van der Waals surface area contributed by atoms with E-state index in [4.69, 9.17) is 5.11 Å². The van der Waals surface area contributed by atoms with Crippen LogP contribution < -0.4 is 10.6 Å². The summed E-state index contributed by atoms with van der Waals surface area (Å²) in [7, 11) is 0. The van der Waals surface area contributed by atoms with Gasteiger partial charge < -0.3 is 20.6 Å². The maximum atomic E-state index is 13.9. The third-order valence-corrected chi connectivity index (χ3v) is 9.71. The molecule has 34 heavy (non-hydrogen) atoms. The van der Waals surface area contributed by atoms with Crippen molar-refractivity contribution in [3.63, 3.8) is 0 Å². The Morgan fingerprint density at radius 3 is 2.59 bits per heavy atom. The van der Waals surface area contributed by atoms with Crippen molar-refractivity contribution in [3.05, 3.63) is 35.9 Å². The number of likely N-dealkylation sites (tertiary alicyclic amines) is 1. The highest BCUT2D eigenvalue weighted by Gasteiger charge is 2.76. The molecule has 0 radical (unpaired) electrons. The normalized spacial score (nSPS) is 31.6. The predicted molar refractivity (Wildman–Crippen MR) is 133 cm³/mol. The fraction of sp³-hybridized carbons (Fsp3) is 0.654. The quantitative estimate of drug-likeness (QED) is 0.417. The van der Waals surface area contributed by atoms with Gasteiger partial charge in [-0.3, -0.25) is 14.4 Å². The van der Waals surface area contributed by atoms with E-state index in [0.717, 1.165) is 37.7 Å². The Morgan fingerprint density at radius 2 is 1.88 bits per heavy atom. The molecule has 1 aromatic carbocycles. The zero-order chi connectivity index (χ0) is 24.3. The molecule has 1 spiro atoms. The number of hydrogen-bond donors (Lipinski definition) is 3. The van der Waals surface area contributed by atoms with Gasteiger partial charge >= 0.3 is 0 Å². The second-order valence-corrected chi connectivity index (χ2v) is 11.9. The number of fused-ring (bicyclic) bond motifs is 1. The minimum absolute atomic E-state index is 0.0534. The van der Waals surface area contributed by atoms with E-state index in [2.05, 4.69) is 17.6 Å². The Kier molecular flexibility index (Phi) is 7.57. The van der Waals surface area contributed by atoms with E-state index in [0.29, 0.717) is 26.1 Å². The molecule has 2 unspecified atom stereocenters. The number of unbranched alkanes of at least 4 members (excludes halogenated alkanes) is 2. The van der Waals surface area contributed by atoms with Crippen LogP contribution in [0, 0.1) is 11.8 Å². The lowest BCUT2D eigenvalue weighted by Gasteiger charge is -2.34. The summed E-state index contributed by atoms with van der Waals surface area (Å²) in [6, 6.07) is 9.18. The van der Waals surface area contributed by atoms with Crippen LogP contribution in [-0.2, 0) is 20.9 Å². The smallest absolute Gasteiger partial charge is 0.244 e. The van der Waals surface area contributed by atoms with E-state index in [1.54, 1.807) is 16.7 Å². The molecule has 5 atom stereocenters. The molecule has 2 bridgehead atoms. The first kappa shape index (κ1) is 25.0. The Balaban J connectivity index is 1.61. The van der Waals surface area contributed by atoms with E-state index in [1.807, 2.05) is 37.3 Å². The van der Waals surface area contributed by atoms with Crippen LogP contribution in [0.5, 0.6) is 0 Å². The largest absolute Gasteiger partial charge is 0.396 e. The van der Waals surface area contributed by atoms with Gasteiger partial charge in [-0.15, -0.1) is 11.8 Å². The number of benzene rings is 1. The average Bonchev–Trinajstić information content (AvgIpc) is 3.40. The zero-order valence-electron chi connectivity index (χ0n) is 20.2. The van der Waals surface area contributed by atoms with Gasteiger partial charge in [0.15, 0.2) is 0 Å². The van der Waals surface area contributed by atoms with Crippen LogP contribution in [0.15, 0.2) is 30.3 Å². The second-order valence-electron chi connectivity index (χ2n) is 10.0. The van der Waals surface area contributed by atoms with Crippen LogP contribution in [0.2, 0.25) is 0 Å². The first-order chi connectivity index (χ1) is 16.4. The Hall–Kier alpha value is -2.06. The van der Waals surface area contributed by atoms with E-state index < -0.39 is 22.6 Å². The fourth-order valence-corrected chi connectivity index (χ4v) is 8.53. The third-order valence-electron chi connectivity index (χ3n) is 7.72. The fourth-order valence-electron chi connectivity index (χ4n) is 6.18. The summed E-state index contributed by atoms with van der Waals surface area (Å²) in [6.45, 7) is 5.71. The molecule has 0 aromatic heterocycles. The standard InChI is InChI=1S/C26H37N3O4S/c1-3-14-27-22(31)19-20-24(33)29(15-8-5-9-16-30)21(26(20)13-12-25(19,2)34-26)23(32)28-17-18-10-6-4-7-11-18/h4,6-7,10-11,19-21,30H,3,5,8-9,12-17H2,1-2H3,(H,27,31)(H,28,32)/t19-,20+,21?,25+,26?/m1/s1. The SMILES string of the molecule is CCCNC(=O)[C@H]1[C@H]2C(=O)N(CCCCCO)C(C(=O)NCc3ccccc3)C23CC[C@]1(C)S3. The van der Waals surface area contributed by atoms with Gasteiger partial charge in [0.05, 0.1) is 16.6 Å². The molecule has 186 valence electrons. The number of hydrogen-bond acceptors (Lipinski definition) is 5. The van der Waals surface area contributed by atoms with Crippen molar-refractivity contribution < 1.29 is 19.5 Å². The molecule has 8 heteroatoms. The molecule has 7 nitrogen and oxygen atoms in total.